The highest BCUT2D eigenvalue weighted by molar-refractivity contribution is 5.88. The number of rotatable bonds is 5. The zero-order chi connectivity index (χ0) is 37.3. The van der Waals surface area contributed by atoms with Gasteiger partial charge in [-0.3, -0.25) is 0 Å². The van der Waals surface area contributed by atoms with E-state index >= 15 is 0 Å². The standard InChI is InChI=1S/C47H39N3/c1-46(2)26-28-47(29-27-46)41-21-13-12-20-37(41)38-24-22-36(31-42(38)47)35-23-25-39(40(30-35)32-14-6-3-7-15-32)45-49-43(33-16-8-4-9-17-33)48-44(50-45)34-18-10-5-11-19-34/h3-25,30-31H,26-29H2,1-2H3/i28D2,29D2. The predicted molar refractivity (Wildman–Crippen MR) is 205 cm³/mol. The summed E-state index contributed by atoms with van der Waals surface area (Å²) in [6, 6.07) is 50.4. The van der Waals surface area contributed by atoms with Gasteiger partial charge in [-0.15, -0.1) is 0 Å². The second-order valence-corrected chi connectivity index (χ2v) is 14.1. The number of hydrogen-bond acceptors (Lipinski definition) is 3. The Labute approximate surface area is 300 Å². The summed E-state index contributed by atoms with van der Waals surface area (Å²) in [7, 11) is 0. The molecule has 242 valence electrons. The van der Waals surface area contributed by atoms with Gasteiger partial charge in [0.1, 0.15) is 0 Å². The monoisotopic (exact) mass is 649 g/mol. The van der Waals surface area contributed by atoms with E-state index in [0.717, 1.165) is 61.2 Å². The number of benzene rings is 6. The second kappa shape index (κ2) is 12.0. The average Bonchev–Trinajstić information content (AvgIpc) is 3.49. The van der Waals surface area contributed by atoms with E-state index in [4.69, 9.17) is 15.0 Å². The number of fused-ring (bicyclic) bond motifs is 5. The van der Waals surface area contributed by atoms with Gasteiger partial charge < -0.3 is 0 Å². The van der Waals surface area contributed by atoms with Crippen LogP contribution >= 0.6 is 0 Å². The fraction of sp³-hybridized carbons (Fsp3) is 0.170. The molecule has 3 nitrogen and oxygen atoms in total. The van der Waals surface area contributed by atoms with E-state index in [9.17, 15) is 5.48 Å². The van der Waals surface area contributed by atoms with Gasteiger partial charge >= 0.3 is 0 Å². The van der Waals surface area contributed by atoms with Crippen molar-refractivity contribution in [3.05, 3.63) is 163 Å². The zero-order valence-corrected chi connectivity index (χ0v) is 28.2. The summed E-state index contributed by atoms with van der Waals surface area (Å²) in [4.78, 5) is 15.0. The predicted octanol–water partition coefficient (Wildman–Crippen LogP) is 12.1. The van der Waals surface area contributed by atoms with E-state index in [1.54, 1.807) is 0 Å². The molecule has 7 aromatic rings. The highest BCUT2D eigenvalue weighted by Gasteiger charge is 2.46. The molecular weight excluding hydrogens is 607 g/mol. The lowest BCUT2D eigenvalue weighted by Crippen LogP contribution is -2.34. The van der Waals surface area contributed by atoms with Crippen molar-refractivity contribution in [2.45, 2.75) is 44.8 Å². The minimum atomic E-state index is -1.84. The average molecular weight is 650 g/mol. The summed E-state index contributed by atoms with van der Waals surface area (Å²) in [5, 5.41) is 0. The summed E-state index contributed by atoms with van der Waals surface area (Å²) < 4.78 is 38.6. The quantitative estimate of drug-likeness (QED) is 0.186. The third kappa shape index (κ3) is 5.25. The summed E-state index contributed by atoms with van der Waals surface area (Å²) >= 11 is 0. The lowest BCUT2D eigenvalue weighted by Gasteiger charge is -2.43. The molecule has 1 aromatic heterocycles. The molecule has 1 spiro atoms. The van der Waals surface area contributed by atoms with Crippen molar-refractivity contribution < 1.29 is 5.48 Å². The molecule has 0 saturated heterocycles. The van der Waals surface area contributed by atoms with Crippen LogP contribution in [0.3, 0.4) is 0 Å². The highest BCUT2D eigenvalue weighted by atomic mass is 15.0. The maximum atomic E-state index is 9.66. The maximum Gasteiger partial charge on any atom is 0.164 e. The molecule has 0 atom stereocenters. The first kappa shape index (κ1) is 26.2. The second-order valence-electron chi connectivity index (χ2n) is 14.1. The van der Waals surface area contributed by atoms with Gasteiger partial charge in [0.2, 0.25) is 0 Å². The Bertz CT molecular complexity index is 2460. The highest BCUT2D eigenvalue weighted by Crippen LogP contribution is 2.58. The van der Waals surface area contributed by atoms with Crippen LogP contribution in [-0.4, -0.2) is 15.0 Å². The Morgan fingerprint density at radius 2 is 0.900 bits per heavy atom. The Balaban J connectivity index is 1.24. The van der Waals surface area contributed by atoms with Crippen LogP contribution in [0.1, 0.15) is 56.0 Å². The van der Waals surface area contributed by atoms with Crippen LogP contribution in [0.15, 0.2) is 152 Å². The van der Waals surface area contributed by atoms with E-state index in [1.165, 1.54) is 0 Å². The van der Waals surface area contributed by atoms with Gasteiger partial charge in [-0.25, -0.2) is 15.0 Å². The van der Waals surface area contributed by atoms with Gasteiger partial charge in [-0.05, 0) is 93.7 Å². The molecule has 0 aliphatic heterocycles. The van der Waals surface area contributed by atoms with Crippen LogP contribution in [-0.2, 0) is 5.41 Å². The molecule has 2 aliphatic rings. The molecule has 2 aliphatic carbocycles. The van der Waals surface area contributed by atoms with Crippen molar-refractivity contribution in [3.63, 3.8) is 0 Å². The summed E-state index contributed by atoms with van der Waals surface area (Å²) in [5.41, 5.74) is 7.73. The maximum absolute atomic E-state index is 9.66. The Kier molecular flexibility index (Phi) is 6.31. The molecule has 0 unspecified atom stereocenters. The van der Waals surface area contributed by atoms with Crippen molar-refractivity contribution in [3.8, 4) is 67.5 Å². The van der Waals surface area contributed by atoms with Crippen LogP contribution < -0.4 is 0 Å². The molecular formula is C47H39N3. The molecule has 3 heteroatoms. The van der Waals surface area contributed by atoms with E-state index < -0.39 is 23.6 Å². The number of hydrogen-bond donors (Lipinski definition) is 0. The molecule has 0 N–H and O–H groups in total. The minimum absolute atomic E-state index is 0.256. The molecule has 0 bridgehead atoms. The first-order chi connectivity index (χ1) is 26.0. The SMILES string of the molecule is [2H]C1([2H])CC(C)(C)CC([2H])([2H])C12c1ccccc1-c1ccc(-c3ccc(-c4nc(-c5ccccc5)nc(-c5ccccc5)n4)c(-c4ccccc4)c3)cc12. The lowest BCUT2D eigenvalue weighted by molar-refractivity contribution is 0.188. The summed E-state index contributed by atoms with van der Waals surface area (Å²) in [6.45, 7) is 3.97. The Hall–Kier alpha value is -5.67. The fourth-order valence-electron chi connectivity index (χ4n) is 7.41. The summed E-state index contributed by atoms with van der Waals surface area (Å²) in [5.74, 6) is 1.73. The lowest BCUT2D eigenvalue weighted by atomic mass is 9.61. The molecule has 50 heavy (non-hydrogen) atoms. The van der Waals surface area contributed by atoms with Crippen LogP contribution in [0.5, 0.6) is 0 Å². The Morgan fingerprint density at radius 3 is 1.52 bits per heavy atom. The van der Waals surface area contributed by atoms with Crippen LogP contribution in [0.2, 0.25) is 0 Å². The van der Waals surface area contributed by atoms with Crippen LogP contribution in [0.25, 0.3) is 67.5 Å². The number of nitrogens with zero attached hydrogens (tertiary/aromatic N) is 3. The van der Waals surface area contributed by atoms with Crippen molar-refractivity contribution in [1.82, 2.24) is 15.0 Å². The van der Waals surface area contributed by atoms with Crippen LogP contribution in [0, 0.1) is 5.41 Å². The smallest absolute Gasteiger partial charge is 0.164 e. The topological polar surface area (TPSA) is 38.7 Å². The van der Waals surface area contributed by atoms with E-state index in [0.29, 0.717) is 17.5 Å². The largest absolute Gasteiger partial charge is 0.208 e. The molecule has 6 aromatic carbocycles. The molecule has 1 heterocycles. The van der Waals surface area contributed by atoms with Crippen molar-refractivity contribution in [1.29, 1.82) is 0 Å². The van der Waals surface area contributed by atoms with E-state index in [2.05, 4.69) is 48.5 Å². The molecule has 0 amide bonds. The van der Waals surface area contributed by atoms with E-state index in [-0.39, 0.29) is 12.8 Å². The molecule has 1 fully saturated rings. The third-order valence-electron chi connectivity index (χ3n) is 10.1. The first-order valence-electron chi connectivity index (χ1n) is 19.3. The normalized spacial score (nSPS) is 18.6. The zero-order valence-electron chi connectivity index (χ0n) is 32.2. The van der Waals surface area contributed by atoms with Gasteiger partial charge in [-0.2, -0.15) is 0 Å². The van der Waals surface area contributed by atoms with Crippen molar-refractivity contribution in [2.24, 2.45) is 5.41 Å². The van der Waals surface area contributed by atoms with Crippen molar-refractivity contribution in [2.75, 3.05) is 0 Å². The van der Waals surface area contributed by atoms with Gasteiger partial charge in [0.15, 0.2) is 17.5 Å². The van der Waals surface area contributed by atoms with Gasteiger partial charge in [0.25, 0.3) is 0 Å². The van der Waals surface area contributed by atoms with Gasteiger partial charge in [0.05, 0.1) is 0 Å². The Morgan fingerprint density at radius 1 is 0.420 bits per heavy atom. The molecule has 1 saturated carbocycles. The van der Waals surface area contributed by atoms with Gasteiger partial charge in [0, 0.05) is 27.6 Å². The van der Waals surface area contributed by atoms with Crippen LogP contribution in [0.4, 0.5) is 0 Å². The molecule has 9 rings (SSSR count). The third-order valence-corrected chi connectivity index (χ3v) is 10.1. The van der Waals surface area contributed by atoms with Crippen molar-refractivity contribution >= 4 is 0 Å². The fourth-order valence-corrected chi connectivity index (χ4v) is 7.41. The summed E-state index contributed by atoms with van der Waals surface area (Å²) in [6.07, 6.45) is -3.18. The molecule has 0 radical (unpaired) electrons. The first-order valence-corrected chi connectivity index (χ1v) is 17.3. The van der Waals surface area contributed by atoms with Gasteiger partial charge in [-0.1, -0.05) is 147 Å². The van der Waals surface area contributed by atoms with E-state index in [1.807, 2.05) is 117 Å². The number of aromatic nitrogens is 3. The minimum Gasteiger partial charge on any atom is -0.208 e.